The highest BCUT2D eigenvalue weighted by Gasteiger charge is 2.25. The average molecular weight is 308 g/mol. The van der Waals surface area contributed by atoms with E-state index in [1.165, 1.54) is 0 Å². The Labute approximate surface area is 128 Å². The van der Waals surface area contributed by atoms with Gasteiger partial charge in [0.05, 0.1) is 17.5 Å². The minimum absolute atomic E-state index is 0.127. The lowest BCUT2D eigenvalue weighted by Crippen LogP contribution is -2.47. The normalized spacial score (nSPS) is 19.0. The van der Waals surface area contributed by atoms with Crippen LogP contribution in [-0.4, -0.2) is 64.4 Å². The van der Waals surface area contributed by atoms with Gasteiger partial charge in [0.15, 0.2) is 0 Å². The van der Waals surface area contributed by atoms with E-state index in [2.05, 4.69) is 26.9 Å². The Balaban J connectivity index is 1.62. The van der Waals surface area contributed by atoms with E-state index in [9.17, 15) is 0 Å². The van der Waals surface area contributed by atoms with Crippen LogP contribution in [0.25, 0.3) is 10.7 Å². The summed E-state index contributed by atoms with van der Waals surface area (Å²) in [4.78, 5) is 10.2. The SMILES string of the molecule is CC(c1nc(-c2cccs2)no1)N1CCN(CCO)CC1. The van der Waals surface area contributed by atoms with Crippen molar-refractivity contribution in [1.82, 2.24) is 19.9 Å². The molecule has 0 radical (unpaired) electrons. The van der Waals surface area contributed by atoms with Gasteiger partial charge in [-0.15, -0.1) is 11.3 Å². The van der Waals surface area contributed by atoms with Gasteiger partial charge in [-0.3, -0.25) is 9.80 Å². The van der Waals surface area contributed by atoms with E-state index >= 15 is 0 Å². The van der Waals surface area contributed by atoms with Crippen molar-refractivity contribution >= 4 is 11.3 Å². The van der Waals surface area contributed by atoms with Crippen LogP contribution in [0, 0.1) is 0 Å². The maximum Gasteiger partial charge on any atom is 0.244 e. The van der Waals surface area contributed by atoms with Crippen molar-refractivity contribution in [3.05, 3.63) is 23.4 Å². The lowest BCUT2D eigenvalue weighted by atomic mass is 10.2. The fourth-order valence-electron chi connectivity index (χ4n) is 2.58. The summed E-state index contributed by atoms with van der Waals surface area (Å²) in [6, 6.07) is 4.11. The van der Waals surface area contributed by atoms with Crippen LogP contribution in [0.1, 0.15) is 18.9 Å². The van der Waals surface area contributed by atoms with E-state index in [4.69, 9.17) is 9.63 Å². The highest BCUT2D eigenvalue weighted by molar-refractivity contribution is 7.13. The summed E-state index contributed by atoms with van der Waals surface area (Å²) >= 11 is 1.61. The average Bonchev–Trinajstić information content (AvgIpc) is 3.19. The molecular formula is C14H20N4O2S. The second kappa shape index (κ2) is 6.65. The number of aliphatic hydroxyl groups is 1. The van der Waals surface area contributed by atoms with Gasteiger partial charge in [-0.25, -0.2) is 0 Å². The Morgan fingerprint density at radius 1 is 1.38 bits per heavy atom. The largest absolute Gasteiger partial charge is 0.395 e. The number of β-amino-alcohol motifs (C(OH)–C–C–N with tert-alkyl or cyclic N) is 1. The molecule has 2 aromatic heterocycles. The van der Waals surface area contributed by atoms with E-state index in [-0.39, 0.29) is 12.6 Å². The topological polar surface area (TPSA) is 65.6 Å². The highest BCUT2D eigenvalue weighted by Crippen LogP contribution is 2.25. The molecular weight excluding hydrogens is 288 g/mol. The first kappa shape index (κ1) is 14.6. The van der Waals surface area contributed by atoms with Crippen molar-refractivity contribution in [2.75, 3.05) is 39.3 Å². The van der Waals surface area contributed by atoms with Gasteiger partial charge in [0.25, 0.3) is 0 Å². The maximum atomic E-state index is 8.98. The number of nitrogens with zero attached hydrogens (tertiary/aromatic N) is 4. The van der Waals surface area contributed by atoms with Gasteiger partial charge in [0.2, 0.25) is 11.7 Å². The first-order valence-corrected chi connectivity index (χ1v) is 8.10. The molecule has 1 atom stereocenters. The van der Waals surface area contributed by atoms with Gasteiger partial charge in [0, 0.05) is 32.7 Å². The summed E-state index contributed by atoms with van der Waals surface area (Å²) in [5, 5.41) is 15.1. The second-order valence-corrected chi connectivity index (χ2v) is 6.16. The van der Waals surface area contributed by atoms with Gasteiger partial charge in [-0.2, -0.15) is 4.98 Å². The Morgan fingerprint density at radius 2 is 2.19 bits per heavy atom. The predicted molar refractivity (Wildman–Crippen MR) is 81.1 cm³/mol. The highest BCUT2D eigenvalue weighted by atomic mass is 32.1. The smallest absolute Gasteiger partial charge is 0.244 e. The monoisotopic (exact) mass is 308 g/mol. The molecule has 1 fully saturated rings. The van der Waals surface area contributed by atoms with Crippen LogP contribution in [0.2, 0.25) is 0 Å². The van der Waals surface area contributed by atoms with E-state index in [0.29, 0.717) is 11.7 Å². The molecule has 3 heterocycles. The van der Waals surface area contributed by atoms with E-state index < -0.39 is 0 Å². The summed E-state index contributed by atoms with van der Waals surface area (Å²) in [6.45, 7) is 6.94. The molecule has 0 saturated carbocycles. The molecule has 0 amide bonds. The minimum Gasteiger partial charge on any atom is -0.395 e. The molecule has 0 aliphatic carbocycles. The van der Waals surface area contributed by atoms with Crippen molar-refractivity contribution < 1.29 is 9.63 Å². The van der Waals surface area contributed by atoms with Crippen molar-refractivity contribution in [2.24, 2.45) is 0 Å². The Kier molecular flexibility index (Phi) is 4.64. The number of thiophene rings is 1. The third-order valence-corrected chi connectivity index (χ3v) is 4.78. The molecule has 1 N–H and O–H groups in total. The molecule has 0 aromatic carbocycles. The number of piperazine rings is 1. The first-order chi connectivity index (χ1) is 10.3. The molecule has 1 saturated heterocycles. The molecule has 21 heavy (non-hydrogen) atoms. The van der Waals surface area contributed by atoms with Crippen molar-refractivity contribution in [3.8, 4) is 10.7 Å². The van der Waals surface area contributed by atoms with Crippen LogP contribution in [0.5, 0.6) is 0 Å². The fourth-order valence-corrected chi connectivity index (χ4v) is 3.23. The molecule has 6 nitrogen and oxygen atoms in total. The molecule has 2 aromatic rings. The zero-order chi connectivity index (χ0) is 14.7. The van der Waals surface area contributed by atoms with E-state index in [1.54, 1.807) is 11.3 Å². The third-order valence-electron chi connectivity index (χ3n) is 3.91. The summed E-state index contributed by atoms with van der Waals surface area (Å²) in [6.07, 6.45) is 0. The second-order valence-electron chi connectivity index (χ2n) is 5.21. The third kappa shape index (κ3) is 3.32. The zero-order valence-electron chi connectivity index (χ0n) is 12.1. The number of aromatic nitrogens is 2. The number of aliphatic hydroxyl groups excluding tert-OH is 1. The predicted octanol–water partition coefficient (Wildman–Crippen LogP) is 1.47. The molecule has 3 rings (SSSR count). The van der Waals surface area contributed by atoms with Crippen LogP contribution in [0.3, 0.4) is 0 Å². The van der Waals surface area contributed by atoms with Crippen molar-refractivity contribution in [2.45, 2.75) is 13.0 Å². The van der Waals surface area contributed by atoms with Crippen LogP contribution in [-0.2, 0) is 0 Å². The summed E-state index contributed by atoms with van der Waals surface area (Å²) < 4.78 is 5.43. The number of hydrogen-bond acceptors (Lipinski definition) is 7. The molecule has 1 aliphatic rings. The van der Waals surface area contributed by atoms with Gasteiger partial charge in [0.1, 0.15) is 0 Å². The minimum atomic E-state index is 0.127. The van der Waals surface area contributed by atoms with Crippen LogP contribution < -0.4 is 0 Å². The van der Waals surface area contributed by atoms with Crippen LogP contribution >= 0.6 is 11.3 Å². The maximum absolute atomic E-state index is 8.98. The molecule has 7 heteroatoms. The van der Waals surface area contributed by atoms with Gasteiger partial charge in [-0.05, 0) is 18.4 Å². The van der Waals surface area contributed by atoms with Gasteiger partial charge < -0.3 is 9.63 Å². The van der Waals surface area contributed by atoms with Crippen LogP contribution in [0.4, 0.5) is 0 Å². The number of rotatable bonds is 5. The Hall–Kier alpha value is -1.28. The van der Waals surface area contributed by atoms with E-state index in [0.717, 1.165) is 37.6 Å². The number of hydrogen-bond donors (Lipinski definition) is 1. The molecule has 1 unspecified atom stereocenters. The standard InChI is InChI=1S/C14H20N4O2S/c1-11(18-6-4-17(5-7-18)8-9-19)14-15-13(16-20-14)12-3-2-10-21-12/h2-3,10-11,19H,4-9H2,1H3. The van der Waals surface area contributed by atoms with Crippen molar-refractivity contribution in [1.29, 1.82) is 0 Å². The Bertz CT molecular complexity index is 549. The first-order valence-electron chi connectivity index (χ1n) is 7.22. The Morgan fingerprint density at radius 3 is 2.86 bits per heavy atom. The molecule has 114 valence electrons. The van der Waals surface area contributed by atoms with E-state index in [1.807, 2.05) is 17.5 Å². The van der Waals surface area contributed by atoms with Gasteiger partial charge in [-0.1, -0.05) is 11.2 Å². The quantitative estimate of drug-likeness (QED) is 0.902. The summed E-state index contributed by atoms with van der Waals surface area (Å²) in [5.74, 6) is 1.35. The lowest BCUT2D eigenvalue weighted by molar-refractivity contribution is 0.0776. The summed E-state index contributed by atoms with van der Waals surface area (Å²) in [5.41, 5.74) is 0. The molecule has 0 bridgehead atoms. The molecule has 1 aliphatic heterocycles. The van der Waals surface area contributed by atoms with Crippen LogP contribution in [0.15, 0.2) is 22.0 Å². The zero-order valence-corrected chi connectivity index (χ0v) is 12.9. The summed E-state index contributed by atoms with van der Waals surface area (Å²) in [7, 11) is 0. The van der Waals surface area contributed by atoms with Gasteiger partial charge >= 0.3 is 0 Å². The fraction of sp³-hybridized carbons (Fsp3) is 0.571. The van der Waals surface area contributed by atoms with Crippen molar-refractivity contribution in [3.63, 3.8) is 0 Å². The molecule has 0 spiro atoms. The lowest BCUT2D eigenvalue weighted by Gasteiger charge is -2.36.